The van der Waals surface area contributed by atoms with Crippen LogP contribution in [0.25, 0.3) is 0 Å². The number of hydrogen-bond donors (Lipinski definition) is 0. The molecule has 0 bridgehead atoms. The van der Waals surface area contributed by atoms with Crippen molar-refractivity contribution in [2.75, 3.05) is 33.0 Å². The Labute approximate surface area is 78.8 Å². The molecule has 1 saturated heterocycles. The maximum absolute atomic E-state index is 12.4. The first-order valence-electron chi connectivity index (χ1n) is 4.09. The average Bonchev–Trinajstić information content (AvgIpc) is 2.87. The first-order chi connectivity index (χ1) is 6.64. The van der Waals surface area contributed by atoms with E-state index in [4.69, 9.17) is 9.47 Å². The lowest BCUT2D eigenvalue weighted by Crippen LogP contribution is -2.28. The molecule has 0 amide bonds. The van der Waals surface area contributed by atoms with Gasteiger partial charge < -0.3 is 14.2 Å². The van der Waals surface area contributed by atoms with Crippen molar-refractivity contribution in [2.24, 2.45) is 0 Å². The summed E-state index contributed by atoms with van der Waals surface area (Å²) in [7, 11) is 0. The van der Waals surface area contributed by atoms with E-state index >= 15 is 0 Å². The third-order valence-electron chi connectivity index (χ3n) is 1.47. The Kier molecular flexibility index (Phi) is 4.59. The Bertz CT molecular complexity index is 163. The Morgan fingerprint density at radius 3 is 2.64 bits per heavy atom. The second-order valence-electron chi connectivity index (χ2n) is 2.77. The summed E-state index contributed by atoms with van der Waals surface area (Å²) in [5, 5.41) is 0. The lowest BCUT2D eigenvalue weighted by molar-refractivity contribution is -0.305. The van der Waals surface area contributed by atoms with Gasteiger partial charge in [-0.15, -0.1) is 0 Å². The second-order valence-corrected chi connectivity index (χ2v) is 2.77. The van der Waals surface area contributed by atoms with Gasteiger partial charge in [0, 0.05) is 0 Å². The summed E-state index contributed by atoms with van der Waals surface area (Å²) < 4.78 is 49.5. The highest BCUT2D eigenvalue weighted by atomic mass is 19.3. The van der Waals surface area contributed by atoms with Crippen LogP contribution in [0, 0.1) is 0 Å². The summed E-state index contributed by atoms with van der Waals surface area (Å²) in [5.41, 5.74) is 0. The molecule has 0 aromatic heterocycles. The van der Waals surface area contributed by atoms with Gasteiger partial charge in [-0.25, -0.2) is 0 Å². The van der Waals surface area contributed by atoms with Gasteiger partial charge in [-0.3, -0.25) is 0 Å². The quantitative estimate of drug-likeness (QED) is 0.446. The van der Waals surface area contributed by atoms with Gasteiger partial charge in [0.2, 0.25) is 0 Å². The SMILES string of the molecule is FOCC(F)(F)OCCOCC1CO1. The van der Waals surface area contributed by atoms with Crippen molar-refractivity contribution >= 4 is 0 Å². The molecule has 4 nitrogen and oxygen atoms in total. The molecule has 1 fully saturated rings. The maximum atomic E-state index is 12.4. The van der Waals surface area contributed by atoms with Crippen LogP contribution < -0.4 is 0 Å². The van der Waals surface area contributed by atoms with E-state index in [0.29, 0.717) is 13.2 Å². The van der Waals surface area contributed by atoms with Gasteiger partial charge in [-0.2, -0.15) is 13.7 Å². The van der Waals surface area contributed by atoms with E-state index in [1.807, 2.05) is 0 Å². The smallest absolute Gasteiger partial charge is 0.376 e. The molecule has 14 heavy (non-hydrogen) atoms. The lowest BCUT2D eigenvalue weighted by Gasteiger charge is -2.13. The molecule has 0 aromatic carbocycles. The maximum Gasteiger partial charge on any atom is 0.382 e. The summed E-state index contributed by atoms with van der Waals surface area (Å²) in [6.07, 6.45) is -3.52. The molecule has 0 aliphatic carbocycles. The molecule has 7 heteroatoms. The minimum Gasteiger partial charge on any atom is -0.376 e. The highest BCUT2D eigenvalue weighted by molar-refractivity contribution is 4.66. The van der Waals surface area contributed by atoms with Gasteiger partial charge in [-0.05, 0) is 4.53 Å². The number of hydrogen-bond acceptors (Lipinski definition) is 4. The van der Waals surface area contributed by atoms with Crippen LogP contribution in [0.4, 0.5) is 13.3 Å². The monoisotopic (exact) mass is 216 g/mol. The summed E-state index contributed by atoms with van der Waals surface area (Å²) >= 11 is 0. The van der Waals surface area contributed by atoms with Gasteiger partial charge in [0.25, 0.3) is 0 Å². The number of alkyl halides is 2. The standard InChI is InChI=1S/C7H11F3O4/c8-7(9,5-14-10)13-2-1-11-3-6-4-12-6/h6H,1-5H2. The normalized spacial score (nSPS) is 21.2. The lowest BCUT2D eigenvalue weighted by atomic mass is 10.5. The van der Waals surface area contributed by atoms with E-state index in [1.54, 1.807) is 0 Å². The fourth-order valence-electron chi connectivity index (χ4n) is 0.734. The first-order valence-corrected chi connectivity index (χ1v) is 4.09. The van der Waals surface area contributed by atoms with Gasteiger partial charge in [0.15, 0.2) is 6.61 Å². The first kappa shape index (κ1) is 11.7. The second kappa shape index (κ2) is 5.50. The van der Waals surface area contributed by atoms with Crippen LogP contribution in [-0.4, -0.2) is 45.2 Å². The highest BCUT2D eigenvalue weighted by Gasteiger charge is 2.31. The Morgan fingerprint density at radius 1 is 1.36 bits per heavy atom. The molecule has 0 radical (unpaired) electrons. The van der Waals surface area contributed by atoms with Crippen molar-refractivity contribution in [1.29, 1.82) is 0 Å². The van der Waals surface area contributed by atoms with Crippen molar-refractivity contribution in [3.8, 4) is 0 Å². The number of ether oxygens (including phenoxy) is 3. The average molecular weight is 216 g/mol. The van der Waals surface area contributed by atoms with Gasteiger partial charge in [0.1, 0.15) is 6.10 Å². The van der Waals surface area contributed by atoms with E-state index in [1.165, 1.54) is 0 Å². The highest BCUT2D eigenvalue weighted by Crippen LogP contribution is 2.15. The van der Waals surface area contributed by atoms with Gasteiger partial charge in [-0.1, -0.05) is 0 Å². The fraction of sp³-hybridized carbons (Fsp3) is 1.00. The zero-order valence-electron chi connectivity index (χ0n) is 7.38. The molecule has 0 N–H and O–H groups in total. The van der Waals surface area contributed by atoms with Gasteiger partial charge in [0.05, 0.1) is 26.4 Å². The molecule has 1 rings (SSSR count). The molecule has 0 saturated carbocycles. The van der Waals surface area contributed by atoms with Crippen LogP contribution in [0.5, 0.6) is 0 Å². The largest absolute Gasteiger partial charge is 0.382 e. The molecule has 0 spiro atoms. The van der Waals surface area contributed by atoms with E-state index in [0.717, 1.165) is 0 Å². The topological polar surface area (TPSA) is 40.2 Å². The van der Waals surface area contributed by atoms with Crippen molar-refractivity contribution in [1.82, 2.24) is 0 Å². The third-order valence-corrected chi connectivity index (χ3v) is 1.47. The Hall–Kier alpha value is -0.370. The zero-order valence-corrected chi connectivity index (χ0v) is 7.38. The molecule has 1 aliphatic heterocycles. The molecule has 1 aliphatic rings. The number of epoxide rings is 1. The minimum absolute atomic E-state index is 0.0156. The predicted molar refractivity (Wildman–Crippen MR) is 38.5 cm³/mol. The number of halogens is 3. The summed E-state index contributed by atoms with van der Waals surface area (Å²) in [6.45, 7) is -0.690. The number of rotatable bonds is 8. The van der Waals surface area contributed by atoms with Crippen LogP contribution in [0.2, 0.25) is 0 Å². The Balaban J connectivity index is 1.90. The van der Waals surface area contributed by atoms with Crippen molar-refractivity contribution in [3.63, 3.8) is 0 Å². The summed E-state index contributed by atoms with van der Waals surface area (Å²) in [6, 6.07) is 0. The van der Waals surface area contributed by atoms with Gasteiger partial charge >= 0.3 is 6.11 Å². The van der Waals surface area contributed by atoms with Crippen LogP contribution >= 0.6 is 0 Å². The van der Waals surface area contributed by atoms with Crippen molar-refractivity contribution < 1.29 is 32.5 Å². The van der Waals surface area contributed by atoms with Crippen molar-refractivity contribution in [3.05, 3.63) is 0 Å². The zero-order chi connectivity index (χ0) is 10.4. The minimum atomic E-state index is -3.60. The predicted octanol–water partition coefficient (Wildman–Crippen LogP) is 0.912. The Morgan fingerprint density at radius 2 is 2.07 bits per heavy atom. The van der Waals surface area contributed by atoms with Crippen LogP contribution in [0.1, 0.15) is 0 Å². The molecule has 84 valence electrons. The fourth-order valence-corrected chi connectivity index (χ4v) is 0.734. The third kappa shape index (κ3) is 5.38. The molecular formula is C7H11F3O4. The molecule has 1 atom stereocenters. The summed E-state index contributed by atoms with van der Waals surface area (Å²) in [4.78, 5) is 2.78. The van der Waals surface area contributed by atoms with Crippen LogP contribution in [0.3, 0.4) is 0 Å². The molecule has 0 aromatic rings. The van der Waals surface area contributed by atoms with E-state index < -0.39 is 12.7 Å². The molecular weight excluding hydrogens is 205 g/mol. The van der Waals surface area contributed by atoms with E-state index in [9.17, 15) is 13.3 Å². The van der Waals surface area contributed by atoms with Crippen LogP contribution in [0.15, 0.2) is 0 Å². The van der Waals surface area contributed by atoms with Crippen LogP contribution in [-0.2, 0) is 19.2 Å². The van der Waals surface area contributed by atoms with E-state index in [2.05, 4.69) is 9.68 Å². The summed E-state index contributed by atoms with van der Waals surface area (Å²) in [5.74, 6) is 0. The molecule has 1 heterocycles. The van der Waals surface area contributed by atoms with E-state index in [-0.39, 0.29) is 19.3 Å². The molecule has 1 unspecified atom stereocenters. The van der Waals surface area contributed by atoms with Crippen molar-refractivity contribution in [2.45, 2.75) is 12.2 Å².